The molecule has 2 unspecified atom stereocenters. The molecule has 4 heteroatoms. The quantitative estimate of drug-likeness (QED) is 0.914. The van der Waals surface area contributed by atoms with Gasteiger partial charge in [-0.25, -0.2) is 4.39 Å². The molecule has 1 fully saturated rings. The van der Waals surface area contributed by atoms with Crippen molar-refractivity contribution < 1.29 is 4.39 Å². The van der Waals surface area contributed by atoms with Crippen LogP contribution >= 0.6 is 0 Å². The Labute approximate surface area is 121 Å². The van der Waals surface area contributed by atoms with Crippen LogP contribution in [0.5, 0.6) is 0 Å². The van der Waals surface area contributed by atoms with E-state index < -0.39 is 0 Å². The molecule has 3 nitrogen and oxygen atoms in total. The smallest absolute Gasteiger partial charge is 0.130 e. The van der Waals surface area contributed by atoms with E-state index in [0.717, 1.165) is 37.3 Å². The van der Waals surface area contributed by atoms with Crippen molar-refractivity contribution in [2.45, 2.75) is 32.4 Å². The maximum absolute atomic E-state index is 14.2. The number of nitrogens with one attached hydrogen (secondary N) is 1. The largest absolute Gasteiger partial charge is 0.368 e. The number of anilines is 1. The van der Waals surface area contributed by atoms with Gasteiger partial charge in [-0.1, -0.05) is 13.0 Å². The Hall–Kier alpha value is -1.13. The fourth-order valence-corrected chi connectivity index (χ4v) is 2.98. The van der Waals surface area contributed by atoms with Crippen molar-refractivity contribution in [1.82, 2.24) is 10.2 Å². The zero-order valence-electron chi connectivity index (χ0n) is 13.0. The van der Waals surface area contributed by atoms with Crippen LogP contribution in [0.1, 0.15) is 31.9 Å². The Kier molecular flexibility index (Phi) is 5.00. The number of nitrogens with zero attached hydrogens (tertiary/aromatic N) is 2. The number of piperazine rings is 1. The summed E-state index contributed by atoms with van der Waals surface area (Å²) in [7, 11) is 4.05. The lowest BCUT2D eigenvalue weighted by Crippen LogP contribution is -2.51. The Bertz CT molecular complexity index is 449. The molecule has 0 bridgehead atoms. The molecular weight excluding hydrogens is 253 g/mol. The number of rotatable bonds is 4. The molecule has 0 aromatic heterocycles. The van der Waals surface area contributed by atoms with Crippen LogP contribution < -0.4 is 10.2 Å². The van der Waals surface area contributed by atoms with E-state index in [1.807, 2.05) is 26.1 Å². The van der Waals surface area contributed by atoms with Crippen LogP contribution in [0.3, 0.4) is 0 Å². The number of hydrogen-bond acceptors (Lipinski definition) is 3. The van der Waals surface area contributed by atoms with Gasteiger partial charge >= 0.3 is 0 Å². The molecule has 1 aliphatic rings. The maximum atomic E-state index is 14.2. The van der Waals surface area contributed by atoms with E-state index in [0.29, 0.717) is 6.04 Å². The van der Waals surface area contributed by atoms with Crippen LogP contribution in [-0.4, -0.2) is 44.7 Å². The van der Waals surface area contributed by atoms with Gasteiger partial charge in [0.05, 0.1) is 0 Å². The molecule has 1 N–H and O–H groups in total. The lowest BCUT2D eigenvalue weighted by molar-refractivity contribution is 0.213. The van der Waals surface area contributed by atoms with Gasteiger partial charge < -0.3 is 10.2 Å². The predicted octanol–water partition coefficient (Wildman–Crippen LogP) is 2.64. The van der Waals surface area contributed by atoms with E-state index in [2.05, 4.69) is 29.1 Å². The molecule has 1 aliphatic heterocycles. The first-order chi connectivity index (χ1) is 9.58. The summed E-state index contributed by atoms with van der Waals surface area (Å²) in [5, 5.41) is 3.16. The number of likely N-dealkylation sites (N-methyl/N-ethyl adjacent to an activating group) is 1. The van der Waals surface area contributed by atoms with Crippen molar-refractivity contribution in [2.75, 3.05) is 38.6 Å². The lowest BCUT2D eigenvalue weighted by Gasteiger charge is -2.41. The van der Waals surface area contributed by atoms with Crippen molar-refractivity contribution >= 4 is 5.69 Å². The minimum Gasteiger partial charge on any atom is -0.368 e. The molecule has 0 spiro atoms. The first-order valence-corrected chi connectivity index (χ1v) is 7.49. The highest BCUT2D eigenvalue weighted by molar-refractivity contribution is 5.56. The highest BCUT2D eigenvalue weighted by atomic mass is 19.1. The van der Waals surface area contributed by atoms with Crippen LogP contribution in [0, 0.1) is 5.82 Å². The molecule has 1 aromatic rings. The second kappa shape index (κ2) is 6.55. The molecule has 0 radical (unpaired) electrons. The second-order valence-corrected chi connectivity index (χ2v) is 5.67. The third kappa shape index (κ3) is 2.96. The van der Waals surface area contributed by atoms with E-state index in [9.17, 15) is 4.39 Å². The normalized spacial score (nSPS) is 22.1. The minimum atomic E-state index is -0.115. The Balaban J connectivity index is 2.30. The van der Waals surface area contributed by atoms with Gasteiger partial charge in [0.15, 0.2) is 0 Å². The van der Waals surface area contributed by atoms with E-state index >= 15 is 0 Å². The summed E-state index contributed by atoms with van der Waals surface area (Å²) in [6, 6.07) is 5.98. The average molecular weight is 279 g/mol. The second-order valence-electron chi connectivity index (χ2n) is 5.67. The molecule has 0 saturated carbocycles. The predicted molar refractivity (Wildman–Crippen MR) is 82.8 cm³/mol. The van der Waals surface area contributed by atoms with Gasteiger partial charge in [0.25, 0.3) is 0 Å². The summed E-state index contributed by atoms with van der Waals surface area (Å²) in [5.41, 5.74) is 1.83. The van der Waals surface area contributed by atoms with Crippen LogP contribution in [0.25, 0.3) is 0 Å². The van der Waals surface area contributed by atoms with Gasteiger partial charge in [-0.05, 0) is 39.6 Å². The molecule has 20 heavy (non-hydrogen) atoms. The summed E-state index contributed by atoms with van der Waals surface area (Å²) in [5.74, 6) is -0.115. The summed E-state index contributed by atoms with van der Waals surface area (Å²) >= 11 is 0. The molecular formula is C16H26FN3. The van der Waals surface area contributed by atoms with Gasteiger partial charge in [-0.15, -0.1) is 0 Å². The van der Waals surface area contributed by atoms with Gasteiger partial charge in [0, 0.05) is 43.0 Å². The maximum Gasteiger partial charge on any atom is 0.130 e. The summed E-state index contributed by atoms with van der Waals surface area (Å²) in [4.78, 5) is 4.73. The third-order valence-electron chi connectivity index (χ3n) is 4.48. The van der Waals surface area contributed by atoms with Gasteiger partial charge in [0.2, 0.25) is 0 Å². The van der Waals surface area contributed by atoms with Crippen molar-refractivity contribution in [2.24, 2.45) is 0 Å². The van der Waals surface area contributed by atoms with E-state index in [4.69, 9.17) is 0 Å². The average Bonchev–Trinajstić information content (AvgIpc) is 2.46. The minimum absolute atomic E-state index is 0.0194. The van der Waals surface area contributed by atoms with Crippen LogP contribution in [0.15, 0.2) is 18.2 Å². The lowest BCUT2D eigenvalue weighted by atomic mass is 10.0. The molecule has 2 atom stereocenters. The SMILES string of the molecule is CCC1CN(c2cccc(F)c2C(C)NC)CCN1C. The molecule has 0 amide bonds. The van der Waals surface area contributed by atoms with Crippen molar-refractivity contribution in [3.8, 4) is 0 Å². The molecule has 2 rings (SSSR count). The highest BCUT2D eigenvalue weighted by Gasteiger charge is 2.26. The third-order valence-corrected chi connectivity index (χ3v) is 4.48. The summed E-state index contributed by atoms with van der Waals surface area (Å²) < 4.78 is 14.2. The summed E-state index contributed by atoms with van der Waals surface area (Å²) in [6.07, 6.45) is 1.12. The molecule has 0 aliphatic carbocycles. The van der Waals surface area contributed by atoms with Crippen LogP contribution in [-0.2, 0) is 0 Å². The Morgan fingerprint density at radius 3 is 2.80 bits per heavy atom. The zero-order chi connectivity index (χ0) is 14.7. The van der Waals surface area contributed by atoms with Gasteiger partial charge in [-0.2, -0.15) is 0 Å². The molecule has 1 aromatic carbocycles. The van der Waals surface area contributed by atoms with Crippen molar-refractivity contribution in [1.29, 1.82) is 0 Å². The van der Waals surface area contributed by atoms with Crippen molar-refractivity contribution in [3.05, 3.63) is 29.6 Å². The fraction of sp³-hybridized carbons (Fsp3) is 0.625. The van der Waals surface area contributed by atoms with Gasteiger partial charge in [0.1, 0.15) is 5.82 Å². The van der Waals surface area contributed by atoms with E-state index in [-0.39, 0.29) is 11.9 Å². The van der Waals surface area contributed by atoms with E-state index in [1.165, 1.54) is 0 Å². The number of benzene rings is 1. The highest BCUT2D eigenvalue weighted by Crippen LogP contribution is 2.30. The van der Waals surface area contributed by atoms with Crippen LogP contribution in [0.2, 0.25) is 0 Å². The fourth-order valence-electron chi connectivity index (χ4n) is 2.98. The monoisotopic (exact) mass is 279 g/mol. The molecule has 1 heterocycles. The topological polar surface area (TPSA) is 18.5 Å². The Morgan fingerprint density at radius 2 is 2.15 bits per heavy atom. The molecule has 112 valence electrons. The Morgan fingerprint density at radius 1 is 1.40 bits per heavy atom. The first kappa shape index (κ1) is 15.3. The number of halogens is 1. The zero-order valence-corrected chi connectivity index (χ0v) is 13.0. The standard InChI is InChI=1S/C16H26FN3/c1-5-13-11-20(10-9-19(13)4)15-8-6-7-14(17)16(15)12(2)18-3/h6-8,12-13,18H,5,9-11H2,1-4H3. The van der Waals surface area contributed by atoms with Gasteiger partial charge in [-0.3, -0.25) is 4.90 Å². The number of hydrogen-bond donors (Lipinski definition) is 1. The molecule has 1 saturated heterocycles. The van der Waals surface area contributed by atoms with Crippen molar-refractivity contribution in [3.63, 3.8) is 0 Å². The van der Waals surface area contributed by atoms with Crippen LogP contribution in [0.4, 0.5) is 10.1 Å². The summed E-state index contributed by atoms with van der Waals surface area (Å²) in [6.45, 7) is 7.19. The van der Waals surface area contributed by atoms with E-state index in [1.54, 1.807) is 6.07 Å². The first-order valence-electron chi connectivity index (χ1n) is 7.49.